The van der Waals surface area contributed by atoms with E-state index < -0.39 is 5.91 Å². The zero-order chi connectivity index (χ0) is 16.3. The smallest absolute Gasteiger partial charge is 0.276 e. The number of rotatable bonds is 5. The number of likely N-dealkylation sites (N-methyl/N-ethyl adjacent to an activating group) is 1. The van der Waals surface area contributed by atoms with E-state index in [2.05, 4.69) is 5.32 Å². The van der Waals surface area contributed by atoms with Crippen LogP contribution in [0.4, 0.5) is 0 Å². The molecule has 7 nitrogen and oxygen atoms in total. The van der Waals surface area contributed by atoms with Crippen molar-refractivity contribution >= 4 is 35.2 Å². The quantitative estimate of drug-likeness (QED) is 0.596. The number of nitrogens with zero attached hydrogens (tertiary/aromatic N) is 1. The average Bonchev–Trinajstić information content (AvgIpc) is 2.73. The van der Waals surface area contributed by atoms with Crippen molar-refractivity contribution in [3.8, 4) is 11.5 Å². The fourth-order valence-corrected chi connectivity index (χ4v) is 2.02. The second kappa shape index (κ2) is 6.44. The van der Waals surface area contributed by atoms with Crippen molar-refractivity contribution in [1.29, 1.82) is 0 Å². The van der Waals surface area contributed by atoms with E-state index >= 15 is 0 Å². The molecule has 22 heavy (non-hydrogen) atoms. The predicted octanol–water partition coefficient (Wildman–Crippen LogP) is 0.247. The Labute approximate surface area is 132 Å². The van der Waals surface area contributed by atoms with Crippen LogP contribution >= 0.6 is 12.2 Å². The molecule has 0 bridgehead atoms. The average molecular weight is 321 g/mol. The molecule has 0 aliphatic carbocycles. The number of carbonyl (C=O) groups is 2. The minimum Gasteiger partial charge on any atom is -0.493 e. The van der Waals surface area contributed by atoms with Crippen LogP contribution in [0.15, 0.2) is 23.9 Å². The number of methoxy groups -OCH3 is 1. The van der Waals surface area contributed by atoms with E-state index in [-0.39, 0.29) is 12.5 Å². The maximum Gasteiger partial charge on any atom is 0.276 e. The summed E-state index contributed by atoms with van der Waals surface area (Å²) in [5, 5.41) is 3.18. The first-order valence-electron chi connectivity index (χ1n) is 6.32. The maximum atomic E-state index is 11.9. The van der Waals surface area contributed by atoms with Gasteiger partial charge in [0.1, 0.15) is 5.70 Å². The Morgan fingerprint density at radius 3 is 2.73 bits per heavy atom. The Balaban J connectivity index is 2.25. The molecular weight excluding hydrogens is 306 g/mol. The van der Waals surface area contributed by atoms with Crippen LogP contribution in [-0.4, -0.2) is 42.6 Å². The number of carbonyl (C=O) groups excluding carboxylic acids is 2. The highest BCUT2D eigenvalue weighted by atomic mass is 32.1. The molecule has 1 aliphatic heterocycles. The first kappa shape index (κ1) is 15.8. The number of nitrogens with two attached hydrogens (primary N) is 1. The zero-order valence-corrected chi connectivity index (χ0v) is 12.9. The molecule has 3 N–H and O–H groups in total. The highest BCUT2D eigenvalue weighted by molar-refractivity contribution is 7.80. The Kier molecular flexibility index (Phi) is 4.62. The Bertz CT molecular complexity index is 672. The standard InChI is InChI=1S/C14H15N3O4S/c1-17-13(19)9(16-14(17)22)5-8-3-4-10(11(6-8)20-2)21-7-12(15)18/h3-6H,7H2,1-2H3,(H2,15,18)(H,16,22)/b9-5+. The van der Waals surface area contributed by atoms with Gasteiger partial charge in [-0.2, -0.15) is 0 Å². The summed E-state index contributed by atoms with van der Waals surface area (Å²) in [5.74, 6) is 0.0299. The molecular formula is C14H15N3O4S. The second-order valence-electron chi connectivity index (χ2n) is 4.52. The van der Waals surface area contributed by atoms with E-state index in [0.717, 1.165) is 5.56 Å². The zero-order valence-electron chi connectivity index (χ0n) is 12.1. The van der Waals surface area contributed by atoms with Gasteiger partial charge in [0, 0.05) is 7.05 Å². The second-order valence-corrected chi connectivity index (χ2v) is 4.90. The van der Waals surface area contributed by atoms with Gasteiger partial charge in [0.15, 0.2) is 23.2 Å². The number of nitrogens with one attached hydrogen (secondary N) is 1. The third kappa shape index (κ3) is 3.34. The lowest BCUT2D eigenvalue weighted by Crippen LogP contribution is -2.25. The summed E-state index contributed by atoms with van der Waals surface area (Å²) in [6.45, 7) is -0.240. The third-order valence-corrected chi connectivity index (χ3v) is 3.33. The number of hydrogen-bond donors (Lipinski definition) is 2. The number of amides is 2. The van der Waals surface area contributed by atoms with Crippen LogP contribution in [0, 0.1) is 0 Å². The van der Waals surface area contributed by atoms with Crippen molar-refractivity contribution in [1.82, 2.24) is 10.2 Å². The molecule has 2 amide bonds. The van der Waals surface area contributed by atoms with Crippen LogP contribution < -0.4 is 20.5 Å². The van der Waals surface area contributed by atoms with Crippen LogP contribution in [0.1, 0.15) is 5.56 Å². The highest BCUT2D eigenvalue weighted by Crippen LogP contribution is 2.29. The Morgan fingerprint density at radius 2 is 2.18 bits per heavy atom. The van der Waals surface area contributed by atoms with E-state index in [1.165, 1.54) is 12.0 Å². The first-order valence-corrected chi connectivity index (χ1v) is 6.73. The van der Waals surface area contributed by atoms with Gasteiger partial charge in [0.05, 0.1) is 7.11 Å². The lowest BCUT2D eigenvalue weighted by atomic mass is 10.1. The highest BCUT2D eigenvalue weighted by Gasteiger charge is 2.26. The van der Waals surface area contributed by atoms with Crippen molar-refractivity contribution in [2.45, 2.75) is 0 Å². The summed E-state index contributed by atoms with van der Waals surface area (Å²) in [7, 11) is 3.07. The van der Waals surface area contributed by atoms with Gasteiger partial charge < -0.3 is 20.5 Å². The number of benzene rings is 1. The molecule has 116 valence electrons. The molecule has 0 unspecified atom stereocenters. The van der Waals surface area contributed by atoms with E-state index in [1.807, 2.05) is 0 Å². The molecule has 1 aliphatic rings. The molecule has 8 heteroatoms. The van der Waals surface area contributed by atoms with Crippen molar-refractivity contribution in [3.63, 3.8) is 0 Å². The lowest BCUT2D eigenvalue weighted by molar-refractivity contribution is -0.121. The summed E-state index contributed by atoms with van der Waals surface area (Å²) in [6, 6.07) is 5.04. The Morgan fingerprint density at radius 1 is 1.45 bits per heavy atom. The first-order chi connectivity index (χ1) is 10.4. The third-order valence-electron chi connectivity index (χ3n) is 2.95. The summed E-state index contributed by atoms with van der Waals surface area (Å²) >= 11 is 5.01. The van der Waals surface area contributed by atoms with E-state index in [0.29, 0.717) is 22.3 Å². The molecule has 0 atom stereocenters. The maximum absolute atomic E-state index is 11.9. The molecule has 0 saturated carbocycles. The van der Waals surface area contributed by atoms with Crippen LogP contribution in [0.25, 0.3) is 6.08 Å². The molecule has 0 radical (unpaired) electrons. The summed E-state index contributed by atoms with van der Waals surface area (Å²) in [5.41, 5.74) is 6.13. The summed E-state index contributed by atoms with van der Waals surface area (Å²) in [6.07, 6.45) is 1.65. The molecule has 2 rings (SSSR count). The normalized spacial score (nSPS) is 15.9. The van der Waals surface area contributed by atoms with Crippen LogP contribution in [0.2, 0.25) is 0 Å². The van der Waals surface area contributed by atoms with Crippen molar-refractivity contribution in [3.05, 3.63) is 29.5 Å². The van der Waals surface area contributed by atoms with Gasteiger partial charge in [-0.25, -0.2) is 0 Å². The van der Waals surface area contributed by atoms with E-state index in [1.54, 1.807) is 31.3 Å². The molecule has 0 spiro atoms. The molecule has 1 aromatic carbocycles. The fourth-order valence-electron chi connectivity index (χ4n) is 1.83. The van der Waals surface area contributed by atoms with Gasteiger partial charge in [0.2, 0.25) is 0 Å². The molecule has 0 aromatic heterocycles. The molecule has 1 fully saturated rings. The monoisotopic (exact) mass is 321 g/mol. The minimum atomic E-state index is -0.578. The van der Waals surface area contributed by atoms with Gasteiger partial charge >= 0.3 is 0 Å². The van der Waals surface area contributed by atoms with Gasteiger partial charge in [-0.05, 0) is 36.0 Å². The fraction of sp³-hybridized carbons (Fsp3) is 0.214. The largest absolute Gasteiger partial charge is 0.493 e. The minimum absolute atomic E-state index is 0.210. The number of thiocarbonyl (C=S) groups is 1. The van der Waals surface area contributed by atoms with E-state index in [4.69, 9.17) is 27.4 Å². The van der Waals surface area contributed by atoms with Crippen LogP contribution in [0.5, 0.6) is 11.5 Å². The van der Waals surface area contributed by atoms with Gasteiger partial charge in [-0.15, -0.1) is 0 Å². The SMILES string of the molecule is COc1cc(/C=C2/NC(=S)N(C)C2=O)ccc1OCC(N)=O. The van der Waals surface area contributed by atoms with Gasteiger partial charge in [-0.1, -0.05) is 6.07 Å². The molecule has 1 aromatic rings. The lowest BCUT2D eigenvalue weighted by Gasteiger charge is -2.10. The topological polar surface area (TPSA) is 93.9 Å². The van der Waals surface area contributed by atoms with Gasteiger partial charge in [0.25, 0.3) is 11.8 Å². The van der Waals surface area contributed by atoms with Crippen molar-refractivity contribution in [2.24, 2.45) is 5.73 Å². The van der Waals surface area contributed by atoms with Crippen LogP contribution in [-0.2, 0) is 9.59 Å². The molecule has 1 heterocycles. The van der Waals surface area contributed by atoms with Crippen LogP contribution in [0.3, 0.4) is 0 Å². The summed E-state index contributed by atoms with van der Waals surface area (Å²) < 4.78 is 10.4. The van der Waals surface area contributed by atoms with Crippen molar-refractivity contribution in [2.75, 3.05) is 20.8 Å². The van der Waals surface area contributed by atoms with E-state index in [9.17, 15) is 9.59 Å². The predicted molar refractivity (Wildman–Crippen MR) is 84.2 cm³/mol. The number of hydrogen-bond acceptors (Lipinski definition) is 5. The summed E-state index contributed by atoms with van der Waals surface area (Å²) in [4.78, 5) is 24.0. The van der Waals surface area contributed by atoms with Gasteiger partial charge in [-0.3, -0.25) is 14.5 Å². The number of ether oxygens (including phenoxy) is 2. The Hall–Kier alpha value is -2.61. The molecule has 1 saturated heterocycles. The number of primary amides is 1. The van der Waals surface area contributed by atoms with Crippen molar-refractivity contribution < 1.29 is 19.1 Å².